The number of methoxy groups -OCH3 is 1. The molecule has 0 amide bonds. The van der Waals surface area contributed by atoms with Crippen LogP contribution in [0.25, 0.3) is 0 Å². The molecule has 0 atom stereocenters. The maximum absolute atomic E-state index is 6.11. The summed E-state index contributed by atoms with van der Waals surface area (Å²) in [5.41, 5.74) is 1.35. The fourth-order valence-corrected chi connectivity index (χ4v) is 3.33. The third kappa shape index (κ3) is 4.14. The topological polar surface area (TPSA) is 39.7 Å². The van der Waals surface area contributed by atoms with E-state index < -0.39 is 0 Å². The molecule has 0 saturated carbocycles. The molecule has 2 heterocycles. The van der Waals surface area contributed by atoms with Gasteiger partial charge in [-0.25, -0.2) is 0 Å². The van der Waals surface area contributed by atoms with E-state index in [0.717, 1.165) is 63.0 Å². The summed E-state index contributed by atoms with van der Waals surface area (Å²) < 4.78 is 17.0. The molecule has 4 heteroatoms. The second-order valence-corrected chi connectivity index (χ2v) is 6.31. The van der Waals surface area contributed by atoms with Crippen LogP contribution in [0, 0.1) is 5.92 Å². The van der Waals surface area contributed by atoms with Gasteiger partial charge in [0, 0.05) is 12.8 Å². The molecule has 2 saturated heterocycles. The number of ether oxygens (including phenoxy) is 3. The van der Waals surface area contributed by atoms with E-state index in [2.05, 4.69) is 23.5 Å². The summed E-state index contributed by atoms with van der Waals surface area (Å²) in [4.78, 5) is 0. The normalized spacial score (nSPS) is 20.8. The number of benzene rings is 1. The van der Waals surface area contributed by atoms with Gasteiger partial charge in [-0.1, -0.05) is 6.07 Å². The smallest absolute Gasteiger partial charge is 0.161 e. The summed E-state index contributed by atoms with van der Waals surface area (Å²) in [7, 11) is 1.72. The van der Waals surface area contributed by atoms with E-state index >= 15 is 0 Å². The minimum atomic E-state index is 0.248. The van der Waals surface area contributed by atoms with Crippen LogP contribution >= 0.6 is 0 Å². The van der Waals surface area contributed by atoms with E-state index in [1.165, 1.54) is 18.4 Å². The zero-order valence-electron chi connectivity index (χ0n) is 13.5. The first kappa shape index (κ1) is 15.6. The quantitative estimate of drug-likeness (QED) is 0.908. The molecular formula is C18H27NO3. The van der Waals surface area contributed by atoms with Crippen LogP contribution in [0.3, 0.4) is 0 Å². The van der Waals surface area contributed by atoms with Crippen LogP contribution in [0.15, 0.2) is 18.2 Å². The van der Waals surface area contributed by atoms with Gasteiger partial charge in [0.15, 0.2) is 11.5 Å². The number of piperidine rings is 1. The van der Waals surface area contributed by atoms with Gasteiger partial charge in [-0.15, -0.1) is 0 Å². The Morgan fingerprint density at radius 1 is 1.09 bits per heavy atom. The van der Waals surface area contributed by atoms with Crippen molar-refractivity contribution in [2.45, 2.75) is 38.2 Å². The summed E-state index contributed by atoms with van der Waals surface area (Å²) >= 11 is 0. The van der Waals surface area contributed by atoms with Crippen LogP contribution in [-0.2, 0) is 11.2 Å². The third-order valence-corrected chi connectivity index (χ3v) is 4.67. The van der Waals surface area contributed by atoms with Gasteiger partial charge in [-0.3, -0.25) is 0 Å². The van der Waals surface area contributed by atoms with Crippen molar-refractivity contribution in [2.24, 2.45) is 5.92 Å². The average molecular weight is 305 g/mol. The molecule has 0 unspecified atom stereocenters. The first-order valence-corrected chi connectivity index (χ1v) is 8.47. The van der Waals surface area contributed by atoms with Crippen molar-refractivity contribution in [1.82, 2.24) is 5.32 Å². The summed E-state index contributed by atoms with van der Waals surface area (Å²) in [5, 5.41) is 3.42. The number of hydrogen-bond donors (Lipinski definition) is 1. The minimum Gasteiger partial charge on any atom is -0.493 e. The first-order valence-electron chi connectivity index (χ1n) is 8.47. The highest BCUT2D eigenvalue weighted by Gasteiger charge is 2.18. The van der Waals surface area contributed by atoms with Crippen LogP contribution < -0.4 is 14.8 Å². The lowest BCUT2D eigenvalue weighted by Gasteiger charge is -2.25. The highest BCUT2D eigenvalue weighted by atomic mass is 16.5. The van der Waals surface area contributed by atoms with Crippen LogP contribution in [-0.4, -0.2) is 39.5 Å². The number of rotatable bonds is 5. The summed E-state index contributed by atoms with van der Waals surface area (Å²) in [6, 6.07) is 6.42. The molecule has 2 fully saturated rings. The Labute approximate surface area is 133 Å². The number of hydrogen-bond acceptors (Lipinski definition) is 4. The van der Waals surface area contributed by atoms with Crippen LogP contribution in [0.4, 0.5) is 0 Å². The molecule has 1 aromatic rings. The monoisotopic (exact) mass is 305 g/mol. The van der Waals surface area contributed by atoms with Gasteiger partial charge in [0.05, 0.1) is 20.3 Å². The van der Waals surface area contributed by atoms with E-state index in [4.69, 9.17) is 14.2 Å². The fourth-order valence-electron chi connectivity index (χ4n) is 3.33. The fraction of sp³-hybridized carbons (Fsp3) is 0.667. The predicted octanol–water partition coefficient (Wildman–Crippen LogP) is 2.80. The zero-order valence-corrected chi connectivity index (χ0v) is 13.5. The van der Waals surface area contributed by atoms with Crippen molar-refractivity contribution in [2.75, 3.05) is 33.4 Å². The molecule has 122 valence electrons. The molecule has 1 aromatic carbocycles. The van der Waals surface area contributed by atoms with Crippen LogP contribution in [0.2, 0.25) is 0 Å². The Morgan fingerprint density at radius 2 is 1.86 bits per heavy atom. The second-order valence-electron chi connectivity index (χ2n) is 6.31. The number of nitrogens with one attached hydrogen (secondary N) is 1. The van der Waals surface area contributed by atoms with Gasteiger partial charge in [-0.05, 0) is 56.0 Å². The lowest BCUT2D eigenvalue weighted by atomic mass is 9.91. The van der Waals surface area contributed by atoms with Crippen molar-refractivity contribution < 1.29 is 14.2 Å². The van der Waals surface area contributed by atoms with Crippen molar-refractivity contribution in [3.63, 3.8) is 0 Å². The Balaban J connectivity index is 1.64. The lowest BCUT2D eigenvalue weighted by molar-refractivity contribution is 0.0245. The average Bonchev–Trinajstić information content (AvgIpc) is 2.58. The molecule has 0 radical (unpaired) electrons. The van der Waals surface area contributed by atoms with E-state index in [0.29, 0.717) is 0 Å². The first-order chi connectivity index (χ1) is 10.8. The van der Waals surface area contributed by atoms with Gasteiger partial charge in [0.2, 0.25) is 0 Å². The van der Waals surface area contributed by atoms with Crippen molar-refractivity contribution >= 4 is 0 Å². The molecule has 1 N–H and O–H groups in total. The molecule has 0 spiro atoms. The van der Waals surface area contributed by atoms with E-state index in [1.54, 1.807) is 7.11 Å². The molecule has 22 heavy (non-hydrogen) atoms. The molecule has 2 aliphatic rings. The van der Waals surface area contributed by atoms with Crippen molar-refractivity contribution in [3.8, 4) is 11.5 Å². The Hall–Kier alpha value is -1.26. The lowest BCUT2D eigenvalue weighted by Crippen LogP contribution is -2.28. The molecule has 2 aliphatic heterocycles. The van der Waals surface area contributed by atoms with Crippen molar-refractivity contribution in [3.05, 3.63) is 23.8 Å². The van der Waals surface area contributed by atoms with E-state index in [1.807, 2.05) is 0 Å². The summed E-state index contributed by atoms with van der Waals surface area (Å²) in [6.45, 7) is 3.88. The molecule has 0 aliphatic carbocycles. The Bertz CT molecular complexity index is 465. The minimum absolute atomic E-state index is 0.248. The highest BCUT2D eigenvalue weighted by Crippen LogP contribution is 2.32. The van der Waals surface area contributed by atoms with Crippen molar-refractivity contribution in [1.29, 1.82) is 0 Å². The van der Waals surface area contributed by atoms with Gasteiger partial charge < -0.3 is 19.5 Å². The maximum atomic E-state index is 6.11. The summed E-state index contributed by atoms with van der Waals surface area (Å²) in [6.07, 6.45) is 5.83. The van der Waals surface area contributed by atoms with Gasteiger partial charge in [0.25, 0.3) is 0 Å². The zero-order chi connectivity index (χ0) is 15.2. The van der Waals surface area contributed by atoms with Crippen LogP contribution in [0.5, 0.6) is 11.5 Å². The van der Waals surface area contributed by atoms with Crippen LogP contribution in [0.1, 0.15) is 31.2 Å². The standard InChI is InChI=1S/C18H27NO3/c1-20-18-13-15(12-14-4-8-19-9-5-14)2-3-17(18)22-16-6-10-21-11-7-16/h2-3,13-14,16,19H,4-12H2,1H3. The van der Waals surface area contributed by atoms with E-state index in [9.17, 15) is 0 Å². The Morgan fingerprint density at radius 3 is 2.59 bits per heavy atom. The molecule has 0 aromatic heterocycles. The SMILES string of the molecule is COc1cc(CC2CCNCC2)ccc1OC1CCOCC1. The summed E-state index contributed by atoms with van der Waals surface area (Å²) in [5.74, 6) is 2.51. The molecule has 4 nitrogen and oxygen atoms in total. The van der Waals surface area contributed by atoms with Gasteiger partial charge in [0.1, 0.15) is 6.10 Å². The second kappa shape index (κ2) is 7.84. The highest BCUT2D eigenvalue weighted by molar-refractivity contribution is 5.43. The van der Waals surface area contributed by atoms with Gasteiger partial charge >= 0.3 is 0 Å². The molecule has 3 rings (SSSR count). The van der Waals surface area contributed by atoms with E-state index in [-0.39, 0.29) is 6.10 Å². The molecule has 0 bridgehead atoms. The Kier molecular flexibility index (Phi) is 5.57. The maximum Gasteiger partial charge on any atom is 0.161 e. The molecular weight excluding hydrogens is 278 g/mol. The van der Waals surface area contributed by atoms with Gasteiger partial charge in [-0.2, -0.15) is 0 Å². The third-order valence-electron chi connectivity index (χ3n) is 4.67. The largest absolute Gasteiger partial charge is 0.493 e. The predicted molar refractivity (Wildman–Crippen MR) is 86.8 cm³/mol.